The minimum absolute atomic E-state index is 0.0160. The summed E-state index contributed by atoms with van der Waals surface area (Å²) in [5, 5.41) is 19.1. The molecule has 5 rings (SSSR count). The van der Waals surface area contributed by atoms with Crippen molar-refractivity contribution >= 4 is 17.7 Å². The molecule has 184 valence electrons. The van der Waals surface area contributed by atoms with Crippen molar-refractivity contribution in [3.8, 4) is 5.75 Å². The van der Waals surface area contributed by atoms with Gasteiger partial charge in [-0.25, -0.2) is 4.79 Å². The Bertz CT molecular complexity index is 1010. The van der Waals surface area contributed by atoms with E-state index in [0.29, 0.717) is 11.7 Å². The Morgan fingerprint density at radius 1 is 1.00 bits per heavy atom. The summed E-state index contributed by atoms with van der Waals surface area (Å²) in [6.07, 6.45) is 10.7. The summed E-state index contributed by atoms with van der Waals surface area (Å²) in [6.45, 7) is 5.98. The number of aromatic carboxylic acids is 1. The van der Waals surface area contributed by atoms with Crippen LogP contribution in [-0.2, 0) is 9.59 Å². The maximum atomic E-state index is 11.8. The van der Waals surface area contributed by atoms with E-state index < -0.39 is 11.9 Å². The molecule has 3 fully saturated rings. The van der Waals surface area contributed by atoms with Crippen LogP contribution in [0.15, 0.2) is 35.9 Å². The molecule has 6 atom stereocenters. The van der Waals surface area contributed by atoms with Gasteiger partial charge in [0.05, 0.1) is 6.10 Å². The van der Waals surface area contributed by atoms with Crippen LogP contribution in [-0.4, -0.2) is 34.0 Å². The maximum Gasteiger partial charge on any atom is 0.339 e. The van der Waals surface area contributed by atoms with Gasteiger partial charge in [-0.05, 0) is 91.7 Å². The van der Waals surface area contributed by atoms with Crippen LogP contribution in [0.5, 0.6) is 5.75 Å². The number of carboxylic acids is 1. The van der Waals surface area contributed by atoms with Crippen LogP contribution in [0.25, 0.3) is 0 Å². The molecule has 4 aliphatic rings. The molecule has 3 saturated carbocycles. The standard InChI is InChI=1S/C19H28O2.C9H8O4/c1-18-9-7-13(20)11-12(18)3-4-14-15-5-6-17(21)19(15,2)10-8-16(14)18;1-6(10)13-8-5-3-2-4-7(8)9(11)12/h11,14-17,21H,3-10H2,1-2H3;2-5H,1H3,(H,11,12)/t14-,15-,16-,17-,18-,19-;/m0./s1. The molecular weight excluding hydrogens is 432 g/mol. The molecule has 34 heavy (non-hydrogen) atoms. The summed E-state index contributed by atoms with van der Waals surface area (Å²) in [5.74, 6) is 0.999. The number of ketones is 1. The van der Waals surface area contributed by atoms with E-state index in [1.807, 2.05) is 6.08 Å². The van der Waals surface area contributed by atoms with Gasteiger partial charge in [-0.15, -0.1) is 0 Å². The number of para-hydroxylation sites is 1. The van der Waals surface area contributed by atoms with Crippen molar-refractivity contribution in [2.45, 2.75) is 78.2 Å². The topological polar surface area (TPSA) is 101 Å². The fraction of sp³-hybridized carbons (Fsp3) is 0.607. The summed E-state index contributed by atoms with van der Waals surface area (Å²) in [6, 6.07) is 5.98. The molecule has 0 heterocycles. The number of rotatable bonds is 2. The van der Waals surface area contributed by atoms with E-state index in [1.165, 1.54) is 50.3 Å². The molecule has 0 aromatic heterocycles. The van der Waals surface area contributed by atoms with Gasteiger partial charge in [-0.2, -0.15) is 0 Å². The summed E-state index contributed by atoms with van der Waals surface area (Å²) < 4.78 is 4.69. The Morgan fingerprint density at radius 3 is 2.44 bits per heavy atom. The van der Waals surface area contributed by atoms with Gasteiger partial charge >= 0.3 is 11.9 Å². The Kier molecular flexibility index (Phi) is 6.74. The number of ether oxygens (including phenoxy) is 1. The van der Waals surface area contributed by atoms with Gasteiger partial charge in [-0.1, -0.05) is 31.6 Å². The summed E-state index contributed by atoms with van der Waals surface area (Å²) in [5.41, 5.74) is 1.87. The largest absolute Gasteiger partial charge is 0.478 e. The number of aliphatic hydroxyl groups is 1. The van der Waals surface area contributed by atoms with Gasteiger partial charge < -0.3 is 14.9 Å². The zero-order valence-corrected chi connectivity index (χ0v) is 20.4. The lowest BCUT2D eigenvalue weighted by Crippen LogP contribution is -2.51. The van der Waals surface area contributed by atoms with E-state index in [2.05, 4.69) is 18.6 Å². The number of carbonyl (C=O) groups excluding carboxylic acids is 2. The smallest absolute Gasteiger partial charge is 0.339 e. The molecule has 6 heteroatoms. The van der Waals surface area contributed by atoms with Gasteiger partial charge in [0.2, 0.25) is 0 Å². The molecule has 0 bridgehead atoms. The minimum Gasteiger partial charge on any atom is -0.478 e. The van der Waals surface area contributed by atoms with Crippen LogP contribution in [0.3, 0.4) is 0 Å². The lowest BCUT2D eigenvalue weighted by atomic mass is 9.47. The fourth-order valence-corrected chi connectivity index (χ4v) is 7.42. The first-order valence-corrected chi connectivity index (χ1v) is 12.5. The molecule has 1 aromatic carbocycles. The third-order valence-corrected chi connectivity index (χ3v) is 9.28. The number of allylic oxidation sites excluding steroid dienone is 1. The monoisotopic (exact) mass is 468 g/mol. The zero-order valence-electron chi connectivity index (χ0n) is 20.4. The average Bonchev–Trinajstić information content (AvgIpc) is 3.09. The average molecular weight is 469 g/mol. The molecule has 0 spiro atoms. The molecule has 0 saturated heterocycles. The van der Waals surface area contributed by atoms with Crippen molar-refractivity contribution in [1.29, 1.82) is 0 Å². The number of hydrogen-bond donors (Lipinski definition) is 2. The number of carboxylic acid groups (broad SMARTS) is 1. The summed E-state index contributed by atoms with van der Waals surface area (Å²) in [4.78, 5) is 33.0. The first-order valence-electron chi connectivity index (χ1n) is 12.5. The Morgan fingerprint density at radius 2 is 1.74 bits per heavy atom. The summed E-state index contributed by atoms with van der Waals surface area (Å²) >= 11 is 0. The van der Waals surface area contributed by atoms with E-state index in [1.54, 1.807) is 12.1 Å². The highest BCUT2D eigenvalue weighted by Crippen LogP contribution is 2.65. The second-order valence-electron chi connectivity index (χ2n) is 11.0. The van der Waals surface area contributed by atoms with E-state index in [0.717, 1.165) is 37.5 Å². The van der Waals surface area contributed by atoms with Crippen LogP contribution in [0.1, 0.15) is 82.5 Å². The van der Waals surface area contributed by atoms with Crippen molar-refractivity contribution in [1.82, 2.24) is 0 Å². The van der Waals surface area contributed by atoms with Gasteiger partial charge in [-0.3, -0.25) is 9.59 Å². The second kappa shape index (κ2) is 9.29. The van der Waals surface area contributed by atoms with E-state index in [9.17, 15) is 19.5 Å². The number of fused-ring (bicyclic) bond motifs is 5. The van der Waals surface area contributed by atoms with Crippen LogP contribution in [0, 0.1) is 28.6 Å². The molecular formula is C28H36O6. The predicted molar refractivity (Wildman–Crippen MR) is 127 cm³/mol. The molecule has 4 aliphatic carbocycles. The Hall–Kier alpha value is -2.47. The zero-order chi connectivity index (χ0) is 24.7. The number of aliphatic hydroxyl groups excluding tert-OH is 1. The van der Waals surface area contributed by atoms with Crippen molar-refractivity contribution in [2.75, 3.05) is 0 Å². The molecule has 6 nitrogen and oxygen atoms in total. The van der Waals surface area contributed by atoms with Crippen LogP contribution < -0.4 is 4.74 Å². The van der Waals surface area contributed by atoms with Crippen molar-refractivity contribution in [3.63, 3.8) is 0 Å². The Balaban J connectivity index is 0.000000182. The fourth-order valence-electron chi connectivity index (χ4n) is 7.42. The lowest BCUT2D eigenvalue weighted by Gasteiger charge is -2.57. The molecule has 0 radical (unpaired) electrons. The first-order chi connectivity index (χ1) is 16.1. The maximum absolute atomic E-state index is 11.8. The quantitative estimate of drug-likeness (QED) is 0.458. The van der Waals surface area contributed by atoms with Crippen molar-refractivity contribution < 1.29 is 29.3 Å². The molecule has 1 aromatic rings. The molecule has 0 unspecified atom stereocenters. The van der Waals surface area contributed by atoms with Gasteiger partial charge in [0.25, 0.3) is 0 Å². The van der Waals surface area contributed by atoms with Gasteiger partial charge in [0, 0.05) is 13.3 Å². The third-order valence-electron chi connectivity index (χ3n) is 9.28. The summed E-state index contributed by atoms with van der Waals surface area (Å²) in [7, 11) is 0. The second-order valence-corrected chi connectivity index (χ2v) is 11.0. The van der Waals surface area contributed by atoms with Crippen LogP contribution in [0.4, 0.5) is 0 Å². The van der Waals surface area contributed by atoms with E-state index in [4.69, 9.17) is 5.11 Å². The minimum atomic E-state index is -1.11. The van der Waals surface area contributed by atoms with Gasteiger partial charge in [0.1, 0.15) is 11.3 Å². The highest BCUT2D eigenvalue weighted by atomic mass is 16.5. The van der Waals surface area contributed by atoms with Crippen LogP contribution in [0.2, 0.25) is 0 Å². The SMILES string of the molecule is CC(=O)Oc1ccccc1C(=O)O.C[C@]12CC[C@H]3[C@@H](CCC4=CC(=O)CC[C@@]43C)[C@@H]1CC[C@@H]2O. The number of benzene rings is 1. The Labute approximate surface area is 201 Å². The first kappa shape index (κ1) is 24.6. The number of carbonyl (C=O) groups is 3. The van der Waals surface area contributed by atoms with Gasteiger partial charge in [0.15, 0.2) is 5.78 Å². The van der Waals surface area contributed by atoms with E-state index in [-0.39, 0.29) is 28.2 Å². The normalized spacial score (nSPS) is 36.1. The highest BCUT2D eigenvalue weighted by Gasteiger charge is 2.58. The number of esters is 1. The highest BCUT2D eigenvalue weighted by molar-refractivity contribution is 5.92. The molecule has 2 N–H and O–H groups in total. The molecule has 0 amide bonds. The van der Waals surface area contributed by atoms with Crippen LogP contribution >= 0.6 is 0 Å². The van der Waals surface area contributed by atoms with Crippen molar-refractivity contribution in [3.05, 3.63) is 41.5 Å². The molecule has 0 aliphatic heterocycles. The lowest BCUT2D eigenvalue weighted by molar-refractivity contribution is -0.131. The number of hydrogen-bond acceptors (Lipinski definition) is 5. The third kappa shape index (κ3) is 4.33. The van der Waals surface area contributed by atoms with Crippen molar-refractivity contribution in [2.24, 2.45) is 28.6 Å². The predicted octanol–water partition coefficient (Wildman–Crippen LogP) is 5.19. The van der Waals surface area contributed by atoms with E-state index >= 15 is 0 Å².